The number of nitrogens with zero attached hydrogens (tertiary/aromatic N) is 4. The molecule has 0 amide bonds. The van der Waals surface area contributed by atoms with Gasteiger partial charge in [-0.15, -0.1) is 0 Å². The first kappa shape index (κ1) is 19.4. The number of hydrogen-bond donors (Lipinski definition) is 1. The fraction of sp³-hybridized carbons (Fsp3) is 0.0870. The first-order valence-corrected chi connectivity index (χ1v) is 9.78. The Balaban J connectivity index is 1.89. The summed E-state index contributed by atoms with van der Waals surface area (Å²) in [5.41, 5.74) is 2.67. The number of nitrogens with one attached hydrogen (secondary N) is 1. The predicted molar refractivity (Wildman–Crippen MR) is 122 cm³/mol. The van der Waals surface area contributed by atoms with Gasteiger partial charge in [-0.2, -0.15) is 0 Å². The van der Waals surface area contributed by atoms with E-state index in [2.05, 4.69) is 9.97 Å². The van der Waals surface area contributed by atoms with E-state index in [9.17, 15) is 19.7 Å². The fourth-order valence-electron chi connectivity index (χ4n) is 4.01. The lowest BCUT2D eigenvalue weighted by atomic mass is 9.99. The van der Waals surface area contributed by atoms with Crippen LogP contribution in [0.3, 0.4) is 0 Å². The Morgan fingerprint density at radius 3 is 2.44 bits per heavy atom. The summed E-state index contributed by atoms with van der Waals surface area (Å²) in [6.07, 6.45) is 1.93. The quantitative estimate of drug-likeness (QED) is 0.350. The Kier molecular flexibility index (Phi) is 4.26. The lowest BCUT2D eigenvalue weighted by molar-refractivity contribution is -0.384. The topological polar surface area (TPSA) is 116 Å². The number of aromatic amines is 1. The Morgan fingerprint density at radius 1 is 1.00 bits per heavy atom. The zero-order chi connectivity index (χ0) is 22.6. The van der Waals surface area contributed by atoms with Crippen molar-refractivity contribution in [1.29, 1.82) is 0 Å². The molecular weight excluding hydrogens is 410 g/mol. The molecule has 3 aromatic heterocycles. The molecule has 0 unspecified atom stereocenters. The molecule has 9 nitrogen and oxygen atoms in total. The third kappa shape index (κ3) is 2.90. The van der Waals surface area contributed by atoms with Gasteiger partial charge in [-0.25, -0.2) is 9.78 Å². The van der Waals surface area contributed by atoms with E-state index in [0.717, 1.165) is 16.5 Å². The molecule has 32 heavy (non-hydrogen) atoms. The SMILES string of the molecule is Cn1cc(-c2cc(-c3ccc([N+](=O)[O-])cc3)nc3c2c(=O)[nH]c(=O)n3C)c2ccccc21. The Morgan fingerprint density at radius 2 is 1.72 bits per heavy atom. The van der Waals surface area contributed by atoms with Crippen LogP contribution >= 0.6 is 0 Å². The largest absolute Gasteiger partial charge is 0.350 e. The molecule has 1 N–H and O–H groups in total. The molecule has 0 radical (unpaired) electrons. The molecule has 0 aliphatic carbocycles. The molecule has 9 heteroatoms. The number of H-pyrrole nitrogens is 1. The van der Waals surface area contributed by atoms with Gasteiger partial charge in [0.2, 0.25) is 0 Å². The number of hydrogen-bond acceptors (Lipinski definition) is 5. The van der Waals surface area contributed by atoms with Gasteiger partial charge in [0.15, 0.2) is 5.65 Å². The second kappa shape index (κ2) is 7.02. The molecule has 3 heterocycles. The molecule has 5 rings (SSSR count). The van der Waals surface area contributed by atoms with Crippen LogP contribution in [0.5, 0.6) is 0 Å². The van der Waals surface area contributed by atoms with Gasteiger partial charge in [0.05, 0.1) is 16.0 Å². The smallest absolute Gasteiger partial charge is 0.329 e. The van der Waals surface area contributed by atoms with Crippen molar-refractivity contribution in [2.45, 2.75) is 0 Å². The lowest BCUT2D eigenvalue weighted by Crippen LogP contribution is -2.29. The first-order valence-electron chi connectivity index (χ1n) is 9.78. The molecule has 0 bridgehead atoms. The molecule has 0 atom stereocenters. The number of aryl methyl sites for hydroxylation is 2. The summed E-state index contributed by atoms with van der Waals surface area (Å²) in [6, 6.07) is 15.6. The van der Waals surface area contributed by atoms with Gasteiger partial charge < -0.3 is 4.57 Å². The molecule has 0 aliphatic heterocycles. The van der Waals surface area contributed by atoms with Crippen LogP contribution in [0, 0.1) is 10.1 Å². The van der Waals surface area contributed by atoms with Gasteiger partial charge in [0, 0.05) is 60.0 Å². The monoisotopic (exact) mass is 427 g/mol. The van der Waals surface area contributed by atoms with Crippen molar-refractivity contribution in [3.8, 4) is 22.4 Å². The highest BCUT2D eigenvalue weighted by Gasteiger charge is 2.19. The average Bonchev–Trinajstić information content (AvgIpc) is 3.13. The highest BCUT2D eigenvalue weighted by Crippen LogP contribution is 2.35. The summed E-state index contributed by atoms with van der Waals surface area (Å²) in [6.45, 7) is 0. The molecule has 0 fully saturated rings. The third-order valence-electron chi connectivity index (χ3n) is 5.63. The number of para-hydroxylation sites is 1. The summed E-state index contributed by atoms with van der Waals surface area (Å²) in [4.78, 5) is 42.6. The Labute approximate surface area is 180 Å². The third-order valence-corrected chi connectivity index (χ3v) is 5.63. The normalized spacial score (nSPS) is 11.3. The molecule has 0 aliphatic rings. The number of rotatable bonds is 3. The number of fused-ring (bicyclic) bond motifs is 2. The van der Waals surface area contributed by atoms with Gasteiger partial charge in [-0.1, -0.05) is 18.2 Å². The van der Waals surface area contributed by atoms with Crippen LogP contribution in [0.1, 0.15) is 0 Å². The number of non-ortho nitro benzene ring substituents is 1. The summed E-state index contributed by atoms with van der Waals surface area (Å²) >= 11 is 0. The number of benzene rings is 2. The number of nitro groups is 1. The lowest BCUT2D eigenvalue weighted by Gasteiger charge is -2.11. The van der Waals surface area contributed by atoms with E-state index in [4.69, 9.17) is 0 Å². The second-order valence-electron chi connectivity index (χ2n) is 7.55. The van der Waals surface area contributed by atoms with Crippen molar-refractivity contribution >= 4 is 27.6 Å². The van der Waals surface area contributed by atoms with Crippen molar-refractivity contribution < 1.29 is 4.92 Å². The van der Waals surface area contributed by atoms with Gasteiger partial charge in [0.1, 0.15) is 0 Å². The second-order valence-corrected chi connectivity index (χ2v) is 7.55. The van der Waals surface area contributed by atoms with Gasteiger partial charge in [-0.05, 0) is 24.3 Å². The molecule has 0 saturated heterocycles. The maximum absolute atomic E-state index is 12.9. The minimum atomic E-state index is -0.570. The molecule has 158 valence electrons. The summed E-state index contributed by atoms with van der Waals surface area (Å²) in [5, 5.41) is 12.3. The van der Waals surface area contributed by atoms with E-state index in [0.29, 0.717) is 22.2 Å². The predicted octanol–water partition coefficient (Wildman–Crippen LogP) is 3.36. The van der Waals surface area contributed by atoms with Crippen molar-refractivity contribution in [1.82, 2.24) is 19.1 Å². The standard InChI is InChI=1S/C23H17N5O4/c1-26-12-17(15-5-3-4-6-19(15)26)16-11-18(13-7-9-14(10-8-13)28(31)32)24-21-20(16)22(29)25-23(30)27(21)2/h3-12H,1-2H3,(H,25,29,30). The Hall–Kier alpha value is -4.53. The number of pyridine rings is 1. The van der Waals surface area contributed by atoms with E-state index in [-0.39, 0.29) is 11.3 Å². The number of nitro benzene ring substituents is 1. The van der Waals surface area contributed by atoms with E-state index >= 15 is 0 Å². The van der Waals surface area contributed by atoms with Crippen LogP contribution in [-0.4, -0.2) is 24.0 Å². The summed E-state index contributed by atoms with van der Waals surface area (Å²) in [5.74, 6) is 0. The maximum Gasteiger partial charge on any atom is 0.329 e. The molecular formula is C23H17N5O4. The van der Waals surface area contributed by atoms with Crippen molar-refractivity contribution in [2.24, 2.45) is 14.1 Å². The van der Waals surface area contributed by atoms with Crippen molar-refractivity contribution in [3.05, 3.63) is 91.7 Å². The zero-order valence-corrected chi connectivity index (χ0v) is 17.2. The van der Waals surface area contributed by atoms with Gasteiger partial charge in [0.25, 0.3) is 11.2 Å². The van der Waals surface area contributed by atoms with E-state index in [1.54, 1.807) is 25.2 Å². The van der Waals surface area contributed by atoms with Crippen LogP contribution in [0.4, 0.5) is 5.69 Å². The fourth-order valence-corrected chi connectivity index (χ4v) is 4.01. The summed E-state index contributed by atoms with van der Waals surface area (Å²) in [7, 11) is 3.46. The van der Waals surface area contributed by atoms with Crippen molar-refractivity contribution in [2.75, 3.05) is 0 Å². The van der Waals surface area contributed by atoms with Crippen LogP contribution in [0.15, 0.2) is 70.4 Å². The average molecular weight is 427 g/mol. The Bertz CT molecular complexity index is 1660. The minimum Gasteiger partial charge on any atom is -0.350 e. The molecule has 2 aromatic carbocycles. The van der Waals surface area contributed by atoms with E-state index in [1.807, 2.05) is 42.1 Å². The number of aromatic nitrogens is 4. The summed E-state index contributed by atoms with van der Waals surface area (Å²) < 4.78 is 3.26. The van der Waals surface area contributed by atoms with Crippen LogP contribution < -0.4 is 11.2 Å². The van der Waals surface area contributed by atoms with Gasteiger partial charge >= 0.3 is 5.69 Å². The highest BCUT2D eigenvalue weighted by atomic mass is 16.6. The van der Waals surface area contributed by atoms with E-state index in [1.165, 1.54) is 16.7 Å². The van der Waals surface area contributed by atoms with E-state index < -0.39 is 16.2 Å². The molecule has 0 saturated carbocycles. The molecule has 0 spiro atoms. The van der Waals surface area contributed by atoms with Crippen LogP contribution in [-0.2, 0) is 14.1 Å². The van der Waals surface area contributed by atoms with Gasteiger partial charge in [-0.3, -0.25) is 24.5 Å². The zero-order valence-electron chi connectivity index (χ0n) is 17.2. The van der Waals surface area contributed by atoms with Crippen LogP contribution in [0.2, 0.25) is 0 Å². The minimum absolute atomic E-state index is 0.0346. The first-order chi connectivity index (χ1) is 15.3. The maximum atomic E-state index is 12.9. The molecule has 5 aromatic rings. The van der Waals surface area contributed by atoms with Crippen LogP contribution in [0.25, 0.3) is 44.3 Å². The highest BCUT2D eigenvalue weighted by molar-refractivity contribution is 6.04. The van der Waals surface area contributed by atoms with Crippen molar-refractivity contribution in [3.63, 3.8) is 0 Å².